The minimum absolute atomic E-state index is 0.527. The molecule has 5 nitrogen and oxygen atoms in total. The van der Waals surface area contributed by atoms with Crippen molar-refractivity contribution in [2.45, 2.75) is 13.5 Å². The van der Waals surface area contributed by atoms with Gasteiger partial charge in [0, 0.05) is 11.1 Å². The number of hydrogen-bond donors (Lipinski definition) is 2. The lowest BCUT2D eigenvalue weighted by Crippen LogP contribution is -2.04. The number of nitrogens with one attached hydrogen (secondary N) is 2. The van der Waals surface area contributed by atoms with Crippen LogP contribution in [0.15, 0.2) is 47.1 Å². The first-order valence-corrected chi connectivity index (χ1v) is 7.70. The quantitative estimate of drug-likeness (QED) is 0.676. The van der Waals surface area contributed by atoms with Gasteiger partial charge >= 0.3 is 0 Å². The molecule has 1 aromatic carbocycles. The average molecular weight is 349 g/mol. The molecule has 23 heavy (non-hydrogen) atoms. The zero-order chi connectivity index (χ0) is 16.2. The molecule has 0 atom stereocenters. The van der Waals surface area contributed by atoms with E-state index in [2.05, 4.69) is 20.6 Å². The largest absolute Gasteiger partial charge is 0.467 e. The lowest BCUT2D eigenvalue weighted by atomic mass is 10.3. The SMILES string of the molecule is Cc1nc(NCc2ccco2)cc(Nc2ccc(Cl)cc2Cl)n1. The number of aromatic nitrogens is 2. The van der Waals surface area contributed by atoms with Crippen molar-refractivity contribution < 1.29 is 4.42 Å². The van der Waals surface area contributed by atoms with Crippen LogP contribution in [0.1, 0.15) is 11.6 Å². The van der Waals surface area contributed by atoms with Gasteiger partial charge in [-0.15, -0.1) is 0 Å². The highest BCUT2D eigenvalue weighted by Crippen LogP contribution is 2.28. The van der Waals surface area contributed by atoms with Crippen LogP contribution < -0.4 is 10.6 Å². The third kappa shape index (κ3) is 4.15. The fraction of sp³-hybridized carbons (Fsp3) is 0.125. The van der Waals surface area contributed by atoms with E-state index in [0.717, 1.165) is 11.4 Å². The molecule has 2 heterocycles. The van der Waals surface area contributed by atoms with Crippen molar-refractivity contribution in [2.24, 2.45) is 0 Å². The molecular formula is C16H14Cl2N4O. The summed E-state index contributed by atoms with van der Waals surface area (Å²) >= 11 is 12.1. The van der Waals surface area contributed by atoms with E-state index in [1.165, 1.54) is 0 Å². The van der Waals surface area contributed by atoms with Crippen molar-refractivity contribution in [2.75, 3.05) is 10.6 Å². The maximum absolute atomic E-state index is 6.17. The normalized spacial score (nSPS) is 10.6. The molecule has 0 saturated heterocycles. The van der Waals surface area contributed by atoms with E-state index in [0.29, 0.717) is 34.1 Å². The number of anilines is 3. The molecule has 7 heteroatoms. The Kier molecular flexibility index (Phi) is 4.69. The zero-order valence-electron chi connectivity index (χ0n) is 12.3. The van der Waals surface area contributed by atoms with E-state index >= 15 is 0 Å². The summed E-state index contributed by atoms with van der Waals surface area (Å²) in [5, 5.41) is 7.48. The molecule has 0 fully saturated rings. The summed E-state index contributed by atoms with van der Waals surface area (Å²) in [6.07, 6.45) is 1.64. The fourth-order valence-electron chi connectivity index (χ4n) is 2.04. The summed E-state index contributed by atoms with van der Waals surface area (Å²) in [6.45, 7) is 2.37. The maximum Gasteiger partial charge on any atom is 0.136 e. The smallest absolute Gasteiger partial charge is 0.136 e. The Hall–Kier alpha value is -2.24. The first-order valence-electron chi connectivity index (χ1n) is 6.94. The standard InChI is InChI=1S/C16H14Cl2N4O/c1-10-20-15(19-9-12-3-2-6-23-12)8-16(21-10)22-14-5-4-11(17)7-13(14)18/h2-8H,9H2,1H3,(H2,19,20,21,22). The van der Waals surface area contributed by atoms with Gasteiger partial charge in [-0.3, -0.25) is 0 Å². The summed E-state index contributed by atoms with van der Waals surface area (Å²) in [6, 6.07) is 10.8. The maximum atomic E-state index is 6.17. The van der Waals surface area contributed by atoms with Crippen LogP contribution in [0.3, 0.4) is 0 Å². The Labute approximate surface area is 143 Å². The highest BCUT2D eigenvalue weighted by Gasteiger charge is 2.06. The van der Waals surface area contributed by atoms with Gasteiger partial charge in [0.2, 0.25) is 0 Å². The molecule has 118 valence electrons. The highest BCUT2D eigenvalue weighted by molar-refractivity contribution is 6.36. The second kappa shape index (κ2) is 6.89. The van der Waals surface area contributed by atoms with Crippen molar-refractivity contribution in [3.05, 3.63) is 64.3 Å². The van der Waals surface area contributed by atoms with Crippen LogP contribution in [0.25, 0.3) is 0 Å². The molecule has 2 N–H and O–H groups in total. The van der Waals surface area contributed by atoms with Crippen LogP contribution in [0.2, 0.25) is 10.0 Å². The molecule has 0 aliphatic carbocycles. The molecular weight excluding hydrogens is 335 g/mol. The summed E-state index contributed by atoms with van der Waals surface area (Å²) in [7, 11) is 0. The van der Waals surface area contributed by atoms with E-state index < -0.39 is 0 Å². The number of hydrogen-bond acceptors (Lipinski definition) is 5. The van der Waals surface area contributed by atoms with Gasteiger partial charge in [-0.25, -0.2) is 9.97 Å². The van der Waals surface area contributed by atoms with Gasteiger partial charge in [-0.2, -0.15) is 0 Å². The Morgan fingerprint density at radius 2 is 1.91 bits per heavy atom. The molecule has 0 amide bonds. The molecule has 2 aromatic heterocycles. The van der Waals surface area contributed by atoms with Crippen LogP contribution in [0, 0.1) is 6.92 Å². The third-order valence-corrected chi connectivity index (χ3v) is 3.60. The monoisotopic (exact) mass is 348 g/mol. The second-order valence-electron chi connectivity index (χ2n) is 4.87. The van der Waals surface area contributed by atoms with Crippen molar-refractivity contribution in [1.29, 1.82) is 0 Å². The van der Waals surface area contributed by atoms with Crippen LogP contribution in [-0.2, 0) is 6.54 Å². The zero-order valence-corrected chi connectivity index (χ0v) is 13.8. The minimum atomic E-state index is 0.527. The van der Waals surface area contributed by atoms with Crippen molar-refractivity contribution >= 4 is 40.5 Å². The van der Waals surface area contributed by atoms with Crippen molar-refractivity contribution in [3.63, 3.8) is 0 Å². The van der Waals surface area contributed by atoms with Crippen LogP contribution in [0.5, 0.6) is 0 Å². The number of rotatable bonds is 5. The lowest BCUT2D eigenvalue weighted by Gasteiger charge is -2.11. The molecule has 0 spiro atoms. The minimum Gasteiger partial charge on any atom is -0.467 e. The third-order valence-electron chi connectivity index (χ3n) is 3.06. The Balaban J connectivity index is 1.77. The Bertz CT molecular complexity index is 806. The topological polar surface area (TPSA) is 63.0 Å². The number of furan rings is 1. The van der Waals surface area contributed by atoms with E-state index in [4.69, 9.17) is 27.6 Å². The van der Waals surface area contributed by atoms with E-state index in [9.17, 15) is 0 Å². The molecule has 3 rings (SSSR count). The summed E-state index contributed by atoms with van der Waals surface area (Å²) in [4.78, 5) is 8.71. The number of halogens is 2. The fourth-order valence-corrected chi connectivity index (χ4v) is 2.50. The first-order chi connectivity index (χ1) is 11.1. The first kappa shape index (κ1) is 15.6. The van der Waals surface area contributed by atoms with E-state index in [1.807, 2.05) is 19.1 Å². The predicted octanol–water partition coefficient (Wildman–Crippen LogP) is 5.04. The van der Waals surface area contributed by atoms with Crippen LogP contribution in [-0.4, -0.2) is 9.97 Å². The van der Waals surface area contributed by atoms with Crippen molar-refractivity contribution in [3.8, 4) is 0 Å². The highest BCUT2D eigenvalue weighted by atomic mass is 35.5. The average Bonchev–Trinajstić information content (AvgIpc) is 3.01. The molecule has 0 unspecified atom stereocenters. The molecule has 0 bridgehead atoms. The Morgan fingerprint density at radius 3 is 2.65 bits per heavy atom. The molecule has 0 aliphatic rings. The van der Waals surface area contributed by atoms with Gasteiger partial charge in [0.15, 0.2) is 0 Å². The van der Waals surface area contributed by atoms with Gasteiger partial charge < -0.3 is 15.1 Å². The van der Waals surface area contributed by atoms with Gasteiger partial charge in [0.1, 0.15) is 23.2 Å². The van der Waals surface area contributed by atoms with Gasteiger partial charge in [-0.05, 0) is 37.3 Å². The van der Waals surface area contributed by atoms with Gasteiger partial charge in [0.05, 0.1) is 23.5 Å². The molecule has 3 aromatic rings. The van der Waals surface area contributed by atoms with Gasteiger partial charge in [-0.1, -0.05) is 23.2 Å². The van der Waals surface area contributed by atoms with E-state index in [1.54, 1.807) is 30.5 Å². The Morgan fingerprint density at radius 1 is 1.09 bits per heavy atom. The second-order valence-corrected chi connectivity index (χ2v) is 5.71. The van der Waals surface area contributed by atoms with Crippen molar-refractivity contribution in [1.82, 2.24) is 9.97 Å². The van der Waals surface area contributed by atoms with E-state index in [-0.39, 0.29) is 0 Å². The molecule has 0 aliphatic heterocycles. The summed E-state index contributed by atoms with van der Waals surface area (Å²) in [5.41, 5.74) is 0.728. The molecule has 0 radical (unpaired) electrons. The number of aryl methyl sites for hydroxylation is 1. The lowest BCUT2D eigenvalue weighted by molar-refractivity contribution is 0.518. The number of nitrogens with zero attached hydrogens (tertiary/aromatic N) is 2. The van der Waals surface area contributed by atoms with Gasteiger partial charge in [0.25, 0.3) is 0 Å². The molecule has 0 saturated carbocycles. The predicted molar refractivity (Wildman–Crippen MR) is 92.5 cm³/mol. The summed E-state index contributed by atoms with van der Waals surface area (Å²) in [5.74, 6) is 2.81. The van der Waals surface area contributed by atoms with Crippen LogP contribution >= 0.6 is 23.2 Å². The number of benzene rings is 1. The summed E-state index contributed by atoms with van der Waals surface area (Å²) < 4.78 is 5.29. The van der Waals surface area contributed by atoms with Crippen LogP contribution in [0.4, 0.5) is 17.3 Å².